The van der Waals surface area contributed by atoms with Crippen molar-refractivity contribution in [1.29, 1.82) is 0 Å². The number of H-pyrrole nitrogens is 1. The molecule has 0 fully saturated rings. The van der Waals surface area contributed by atoms with E-state index in [2.05, 4.69) is 36.2 Å². The maximum Gasteiger partial charge on any atom is 0.156 e. The summed E-state index contributed by atoms with van der Waals surface area (Å²) in [4.78, 5) is 4.37. The average molecular weight is 361 g/mol. The van der Waals surface area contributed by atoms with Gasteiger partial charge in [-0.2, -0.15) is 0 Å². The second kappa shape index (κ2) is 7.38. The first-order chi connectivity index (χ1) is 12.8. The predicted octanol–water partition coefficient (Wildman–Crippen LogP) is 7.14. The zero-order chi connectivity index (χ0) is 17.9. The van der Waals surface area contributed by atoms with E-state index >= 15 is 4.39 Å². The Morgan fingerprint density at radius 1 is 0.846 bits per heavy atom. The molecule has 0 radical (unpaired) electrons. The third kappa shape index (κ3) is 3.27. The zero-order valence-electron chi connectivity index (χ0n) is 14.6. The minimum absolute atomic E-state index is 0.177. The number of rotatable bonds is 5. The van der Waals surface area contributed by atoms with Crippen LogP contribution >= 0.6 is 11.8 Å². The molecule has 0 aliphatic heterocycles. The fourth-order valence-electron chi connectivity index (χ4n) is 3.13. The highest BCUT2D eigenvalue weighted by Crippen LogP contribution is 2.33. The first-order valence-electron chi connectivity index (χ1n) is 8.86. The molecule has 0 saturated carbocycles. The van der Waals surface area contributed by atoms with Crippen LogP contribution in [0.15, 0.2) is 77.7 Å². The number of aromatic amines is 1. The lowest BCUT2D eigenvalue weighted by Gasteiger charge is -2.04. The van der Waals surface area contributed by atoms with Crippen LogP contribution in [0.5, 0.6) is 0 Å². The van der Waals surface area contributed by atoms with Gasteiger partial charge in [-0.1, -0.05) is 55.5 Å². The summed E-state index contributed by atoms with van der Waals surface area (Å²) in [6, 6.07) is 24.2. The van der Waals surface area contributed by atoms with E-state index in [1.54, 1.807) is 11.8 Å². The molecule has 0 aliphatic carbocycles. The van der Waals surface area contributed by atoms with Gasteiger partial charge in [0.15, 0.2) is 5.82 Å². The third-order valence-corrected chi connectivity index (χ3v) is 5.64. The van der Waals surface area contributed by atoms with Crippen molar-refractivity contribution >= 4 is 22.7 Å². The molecule has 4 rings (SSSR count). The lowest BCUT2D eigenvalue weighted by atomic mass is 10.0. The van der Waals surface area contributed by atoms with Crippen LogP contribution in [0.25, 0.3) is 33.3 Å². The summed E-state index contributed by atoms with van der Waals surface area (Å²) in [5.41, 5.74) is 4.46. The highest BCUT2D eigenvalue weighted by molar-refractivity contribution is 7.99. The summed E-state index contributed by atoms with van der Waals surface area (Å²) < 4.78 is 15.1. The summed E-state index contributed by atoms with van der Waals surface area (Å²) in [5.74, 6) is 0.868. The van der Waals surface area contributed by atoms with Crippen molar-refractivity contribution < 1.29 is 4.39 Å². The van der Waals surface area contributed by atoms with E-state index in [1.807, 2.05) is 48.5 Å². The normalized spacial score (nSPS) is 11.2. The van der Waals surface area contributed by atoms with Crippen LogP contribution in [0.2, 0.25) is 0 Å². The van der Waals surface area contributed by atoms with Crippen molar-refractivity contribution in [2.45, 2.75) is 18.2 Å². The molecule has 0 atom stereocenters. The molecule has 130 valence electrons. The van der Waals surface area contributed by atoms with Crippen LogP contribution in [0.4, 0.5) is 4.39 Å². The van der Waals surface area contributed by atoms with Gasteiger partial charge in [-0.05, 0) is 47.6 Å². The monoisotopic (exact) mass is 361 g/mol. The second-order valence-electron chi connectivity index (χ2n) is 6.32. The molecule has 1 aromatic heterocycles. The number of halogens is 1. The topological polar surface area (TPSA) is 15.8 Å². The van der Waals surface area contributed by atoms with Gasteiger partial charge in [0.05, 0.1) is 5.69 Å². The standard InChI is InChI=1S/C23H20FNS/c1-2-13-26-19-11-12-21-20(15-19)22(24)23(25-21)18-10-6-9-17(14-18)16-7-4-3-5-8-16/h3-12,14-15,25H,2,13H2,1H3. The first-order valence-corrected chi connectivity index (χ1v) is 9.84. The van der Waals surface area contributed by atoms with Crippen LogP contribution in [0.3, 0.4) is 0 Å². The smallest absolute Gasteiger partial charge is 0.156 e. The van der Waals surface area contributed by atoms with E-state index in [4.69, 9.17) is 0 Å². The summed E-state index contributed by atoms with van der Waals surface area (Å²) in [7, 11) is 0. The zero-order valence-corrected chi connectivity index (χ0v) is 15.4. The fraction of sp³-hybridized carbons (Fsp3) is 0.130. The predicted molar refractivity (Wildman–Crippen MR) is 110 cm³/mol. The summed E-state index contributed by atoms with van der Waals surface area (Å²) in [6.07, 6.45) is 1.11. The van der Waals surface area contributed by atoms with Crippen molar-refractivity contribution in [3.05, 3.63) is 78.6 Å². The number of nitrogens with one attached hydrogen (secondary N) is 1. The maximum absolute atomic E-state index is 15.1. The quantitative estimate of drug-likeness (QED) is 0.373. The fourth-order valence-corrected chi connectivity index (χ4v) is 3.94. The Morgan fingerprint density at radius 3 is 2.42 bits per heavy atom. The number of hydrogen-bond donors (Lipinski definition) is 1. The SMILES string of the molecule is CCCSc1ccc2[nH]c(-c3cccc(-c4ccccc4)c3)c(F)c2c1. The van der Waals surface area contributed by atoms with E-state index in [0.29, 0.717) is 11.1 Å². The number of thioether (sulfide) groups is 1. The Morgan fingerprint density at radius 2 is 1.62 bits per heavy atom. The van der Waals surface area contributed by atoms with Crippen molar-refractivity contribution in [3.8, 4) is 22.4 Å². The molecule has 4 aromatic rings. The van der Waals surface area contributed by atoms with Gasteiger partial charge in [-0.15, -0.1) is 11.8 Å². The van der Waals surface area contributed by atoms with E-state index < -0.39 is 0 Å². The van der Waals surface area contributed by atoms with Crippen LogP contribution in [0, 0.1) is 5.82 Å². The molecule has 0 amide bonds. The maximum atomic E-state index is 15.1. The van der Waals surface area contributed by atoms with E-state index in [0.717, 1.165) is 39.3 Å². The van der Waals surface area contributed by atoms with E-state index in [-0.39, 0.29) is 5.82 Å². The molecule has 0 saturated heterocycles. The van der Waals surface area contributed by atoms with Gasteiger partial charge in [0.1, 0.15) is 0 Å². The van der Waals surface area contributed by atoms with Crippen molar-refractivity contribution in [3.63, 3.8) is 0 Å². The molecule has 3 aromatic carbocycles. The molecule has 1 heterocycles. The number of aromatic nitrogens is 1. The second-order valence-corrected chi connectivity index (χ2v) is 7.48. The van der Waals surface area contributed by atoms with Crippen LogP contribution < -0.4 is 0 Å². The molecule has 3 heteroatoms. The van der Waals surface area contributed by atoms with Crippen LogP contribution in [-0.4, -0.2) is 10.7 Å². The molecule has 1 nitrogen and oxygen atoms in total. The Kier molecular flexibility index (Phi) is 4.81. The third-order valence-electron chi connectivity index (χ3n) is 4.44. The van der Waals surface area contributed by atoms with Gasteiger partial charge >= 0.3 is 0 Å². The highest BCUT2D eigenvalue weighted by atomic mass is 32.2. The van der Waals surface area contributed by atoms with Gasteiger partial charge in [0.25, 0.3) is 0 Å². The Hall–Kier alpha value is -2.52. The minimum atomic E-state index is -0.177. The lowest BCUT2D eigenvalue weighted by Crippen LogP contribution is -1.83. The van der Waals surface area contributed by atoms with E-state index in [9.17, 15) is 0 Å². The molecule has 0 bridgehead atoms. The van der Waals surface area contributed by atoms with Crippen LogP contribution in [-0.2, 0) is 0 Å². The number of hydrogen-bond acceptors (Lipinski definition) is 1. The van der Waals surface area contributed by atoms with E-state index in [1.165, 1.54) is 0 Å². The van der Waals surface area contributed by atoms with Crippen LogP contribution in [0.1, 0.15) is 13.3 Å². The lowest BCUT2D eigenvalue weighted by molar-refractivity contribution is 0.643. The average Bonchev–Trinajstić information content (AvgIpc) is 3.03. The molecule has 26 heavy (non-hydrogen) atoms. The van der Waals surface area contributed by atoms with Crippen molar-refractivity contribution in [2.75, 3.05) is 5.75 Å². The van der Waals surface area contributed by atoms with Gasteiger partial charge in [0.2, 0.25) is 0 Å². The van der Waals surface area contributed by atoms with Gasteiger partial charge in [-0.3, -0.25) is 0 Å². The minimum Gasteiger partial charge on any atom is -0.352 e. The first kappa shape index (κ1) is 16.9. The molecule has 0 aliphatic rings. The van der Waals surface area contributed by atoms with Gasteiger partial charge in [0, 0.05) is 21.4 Å². The van der Waals surface area contributed by atoms with Crippen molar-refractivity contribution in [2.24, 2.45) is 0 Å². The van der Waals surface area contributed by atoms with Gasteiger partial charge < -0.3 is 4.98 Å². The number of benzene rings is 3. The molecule has 0 spiro atoms. The molecule has 0 unspecified atom stereocenters. The molecular formula is C23H20FNS. The molecular weight excluding hydrogens is 341 g/mol. The summed E-state index contributed by atoms with van der Waals surface area (Å²) >= 11 is 1.77. The summed E-state index contributed by atoms with van der Waals surface area (Å²) in [6.45, 7) is 2.15. The highest BCUT2D eigenvalue weighted by Gasteiger charge is 2.14. The Balaban J connectivity index is 1.76. The Labute approximate surface area is 157 Å². The number of fused-ring (bicyclic) bond motifs is 1. The largest absolute Gasteiger partial charge is 0.352 e. The summed E-state index contributed by atoms with van der Waals surface area (Å²) in [5, 5.41) is 0.659. The Bertz CT molecular complexity index is 1040. The molecule has 1 N–H and O–H groups in total. The van der Waals surface area contributed by atoms with Gasteiger partial charge in [-0.25, -0.2) is 4.39 Å². The van der Waals surface area contributed by atoms with Crippen molar-refractivity contribution in [1.82, 2.24) is 4.98 Å².